The van der Waals surface area contributed by atoms with Crippen LogP contribution in [0.1, 0.15) is 30.0 Å². The van der Waals surface area contributed by atoms with Crippen molar-refractivity contribution in [2.75, 3.05) is 13.1 Å². The molecule has 5 heteroatoms. The third kappa shape index (κ3) is 4.25. The molecule has 2 aromatic heterocycles. The molecule has 1 fully saturated rings. The molecule has 3 aromatic rings. The van der Waals surface area contributed by atoms with Gasteiger partial charge >= 0.3 is 0 Å². The maximum absolute atomic E-state index is 13.2. The number of piperidine rings is 1. The molecule has 1 saturated heterocycles. The van der Waals surface area contributed by atoms with Crippen molar-refractivity contribution in [2.24, 2.45) is 0 Å². The lowest BCUT2D eigenvalue weighted by Crippen LogP contribution is -2.40. The third-order valence-corrected chi connectivity index (χ3v) is 5.21. The van der Waals surface area contributed by atoms with E-state index in [0.29, 0.717) is 13.0 Å². The summed E-state index contributed by atoms with van der Waals surface area (Å²) in [5.41, 5.74) is 3.70. The van der Waals surface area contributed by atoms with Crippen molar-refractivity contribution in [3.05, 3.63) is 84.1 Å². The van der Waals surface area contributed by atoms with E-state index < -0.39 is 0 Å². The molecule has 1 aliphatic rings. The van der Waals surface area contributed by atoms with E-state index in [2.05, 4.69) is 4.98 Å². The molecule has 28 heavy (non-hydrogen) atoms. The Morgan fingerprint density at radius 3 is 2.64 bits per heavy atom. The third-order valence-electron chi connectivity index (χ3n) is 5.21. The fourth-order valence-electron chi connectivity index (χ4n) is 3.69. The Bertz CT molecular complexity index is 944. The van der Waals surface area contributed by atoms with Gasteiger partial charge in [0.1, 0.15) is 5.82 Å². The topological polar surface area (TPSA) is 46.1 Å². The van der Waals surface area contributed by atoms with Crippen molar-refractivity contribution in [3.63, 3.8) is 0 Å². The molecule has 0 saturated carbocycles. The van der Waals surface area contributed by atoms with Gasteiger partial charge in [-0.2, -0.15) is 0 Å². The number of amides is 1. The molecular formula is C23H22FN3O. The average Bonchev–Trinajstić information content (AvgIpc) is 2.75. The molecule has 4 rings (SSSR count). The first kappa shape index (κ1) is 18.3. The standard InChI is InChI=1S/C23H22FN3O/c24-20-8-6-18(7-9-20)21-4-1-5-22(26-21)19-3-2-14-27(16-19)23(28)15-17-10-12-25-13-11-17/h1,4-13,19H,2-3,14-16H2. The number of aromatic nitrogens is 2. The lowest BCUT2D eigenvalue weighted by atomic mass is 9.93. The molecule has 0 bridgehead atoms. The Balaban J connectivity index is 1.48. The molecule has 0 N–H and O–H groups in total. The first-order chi connectivity index (χ1) is 13.7. The van der Waals surface area contributed by atoms with E-state index in [1.165, 1.54) is 12.1 Å². The van der Waals surface area contributed by atoms with Gasteiger partial charge in [-0.3, -0.25) is 14.8 Å². The normalized spacial score (nSPS) is 16.8. The molecule has 1 aromatic carbocycles. The van der Waals surface area contributed by atoms with Gasteiger partial charge in [0, 0.05) is 42.7 Å². The minimum atomic E-state index is -0.254. The molecule has 1 aliphatic heterocycles. The number of pyridine rings is 2. The summed E-state index contributed by atoms with van der Waals surface area (Å²) >= 11 is 0. The number of carbonyl (C=O) groups is 1. The summed E-state index contributed by atoms with van der Waals surface area (Å²) in [5, 5.41) is 0. The van der Waals surface area contributed by atoms with Gasteiger partial charge in [-0.15, -0.1) is 0 Å². The minimum Gasteiger partial charge on any atom is -0.342 e. The van der Waals surface area contributed by atoms with Crippen LogP contribution in [0.2, 0.25) is 0 Å². The summed E-state index contributed by atoms with van der Waals surface area (Å²) in [4.78, 5) is 23.5. The van der Waals surface area contributed by atoms with Crippen LogP contribution in [0, 0.1) is 5.82 Å². The van der Waals surface area contributed by atoms with E-state index in [1.54, 1.807) is 24.5 Å². The van der Waals surface area contributed by atoms with Crippen LogP contribution in [0.3, 0.4) is 0 Å². The Hall–Kier alpha value is -3.08. The van der Waals surface area contributed by atoms with E-state index in [4.69, 9.17) is 4.98 Å². The minimum absolute atomic E-state index is 0.144. The Labute approximate surface area is 164 Å². The Morgan fingerprint density at radius 2 is 1.86 bits per heavy atom. The molecule has 1 atom stereocenters. The van der Waals surface area contributed by atoms with E-state index in [0.717, 1.165) is 41.9 Å². The van der Waals surface area contributed by atoms with Crippen molar-refractivity contribution >= 4 is 5.91 Å². The second kappa shape index (κ2) is 8.30. The summed E-state index contributed by atoms with van der Waals surface area (Å²) in [6.45, 7) is 1.47. The number of carbonyl (C=O) groups excluding carboxylic acids is 1. The highest BCUT2D eigenvalue weighted by Gasteiger charge is 2.25. The summed E-state index contributed by atoms with van der Waals surface area (Å²) in [5.74, 6) is 0.108. The van der Waals surface area contributed by atoms with Crippen LogP contribution in [0.25, 0.3) is 11.3 Å². The van der Waals surface area contributed by atoms with Crippen LogP contribution in [0.4, 0.5) is 4.39 Å². The second-order valence-electron chi connectivity index (χ2n) is 7.17. The number of nitrogens with zero attached hydrogens (tertiary/aromatic N) is 3. The predicted octanol–water partition coefficient (Wildman–Crippen LogP) is 4.23. The Morgan fingerprint density at radius 1 is 1.07 bits per heavy atom. The first-order valence-corrected chi connectivity index (χ1v) is 9.58. The van der Waals surface area contributed by atoms with Gasteiger partial charge < -0.3 is 4.90 Å². The summed E-state index contributed by atoms with van der Waals surface area (Å²) < 4.78 is 13.2. The lowest BCUT2D eigenvalue weighted by molar-refractivity contribution is -0.131. The highest BCUT2D eigenvalue weighted by Crippen LogP contribution is 2.28. The number of benzene rings is 1. The van der Waals surface area contributed by atoms with Crippen molar-refractivity contribution in [2.45, 2.75) is 25.2 Å². The van der Waals surface area contributed by atoms with E-state index in [-0.39, 0.29) is 17.6 Å². The van der Waals surface area contributed by atoms with Crippen LogP contribution < -0.4 is 0 Å². The highest BCUT2D eigenvalue weighted by atomic mass is 19.1. The number of halogens is 1. The largest absolute Gasteiger partial charge is 0.342 e. The number of likely N-dealkylation sites (tertiary alicyclic amines) is 1. The van der Waals surface area contributed by atoms with Gasteiger partial charge in [0.25, 0.3) is 0 Å². The van der Waals surface area contributed by atoms with Gasteiger partial charge in [-0.1, -0.05) is 6.07 Å². The zero-order chi connectivity index (χ0) is 19.3. The van der Waals surface area contributed by atoms with Gasteiger partial charge in [-0.05, 0) is 66.9 Å². The zero-order valence-electron chi connectivity index (χ0n) is 15.6. The van der Waals surface area contributed by atoms with Crippen molar-refractivity contribution in [3.8, 4) is 11.3 Å². The fraction of sp³-hybridized carbons (Fsp3) is 0.261. The molecule has 0 aliphatic carbocycles. The van der Waals surface area contributed by atoms with Crippen LogP contribution >= 0.6 is 0 Å². The Kier molecular flexibility index (Phi) is 5.42. The molecular weight excluding hydrogens is 353 g/mol. The molecule has 3 heterocycles. The average molecular weight is 375 g/mol. The number of hydrogen-bond donors (Lipinski definition) is 0. The molecule has 4 nitrogen and oxygen atoms in total. The quantitative estimate of drug-likeness (QED) is 0.685. The molecule has 1 amide bonds. The number of rotatable bonds is 4. The summed E-state index contributed by atoms with van der Waals surface area (Å²) in [7, 11) is 0. The van der Waals surface area contributed by atoms with Crippen LogP contribution in [0.5, 0.6) is 0 Å². The smallest absolute Gasteiger partial charge is 0.227 e. The summed E-state index contributed by atoms with van der Waals surface area (Å²) in [6, 6.07) is 16.1. The molecule has 0 spiro atoms. The van der Waals surface area contributed by atoms with E-state index in [1.807, 2.05) is 35.2 Å². The molecule has 142 valence electrons. The van der Waals surface area contributed by atoms with Crippen LogP contribution in [-0.4, -0.2) is 33.9 Å². The van der Waals surface area contributed by atoms with Crippen molar-refractivity contribution in [1.82, 2.24) is 14.9 Å². The van der Waals surface area contributed by atoms with E-state index >= 15 is 0 Å². The van der Waals surface area contributed by atoms with Crippen molar-refractivity contribution in [1.29, 1.82) is 0 Å². The van der Waals surface area contributed by atoms with Gasteiger partial charge in [0.05, 0.1) is 12.1 Å². The fourth-order valence-corrected chi connectivity index (χ4v) is 3.69. The second-order valence-corrected chi connectivity index (χ2v) is 7.17. The first-order valence-electron chi connectivity index (χ1n) is 9.58. The molecule has 0 radical (unpaired) electrons. The maximum atomic E-state index is 13.2. The predicted molar refractivity (Wildman–Crippen MR) is 106 cm³/mol. The van der Waals surface area contributed by atoms with E-state index in [9.17, 15) is 9.18 Å². The summed E-state index contributed by atoms with van der Waals surface area (Å²) in [6.07, 6.45) is 5.81. The molecule has 1 unspecified atom stereocenters. The van der Waals surface area contributed by atoms with Gasteiger partial charge in [0.2, 0.25) is 5.91 Å². The van der Waals surface area contributed by atoms with Gasteiger partial charge in [-0.25, -0.2) is 4.39 Å². The maximum Gasteiger partial charge on any atom is 0.227 e. The van der Waals surface area contributed by atoms with Crippen LogP contribution in [-0.2, 0) is 11.2 Å². The van der Waals surface area contributed by atoms with Crippen LogP contribution in [0.15, 0.2) is 67.0 Å². The lowest BCUT2D eigenvalue weighted by Gasteiger charge is -2.32. The van der Waals surface area contributed by atoms with Gasteiger partial charge in [0.15, 0.2) is 0 Å². The monoisotopic (exact) mass is 375 g/mol. The zero-order valence-corrected chi connectivity index (χ0v) is 15.6. The highest BCUT2D eigenvalue weighted by molar-refractivity contribution is 5.79. The van der Waals surface area contributed by atoms with Crippen molar-refractivity contribution < 1.29 is 9.18 Å². The SMILES string of the molecule is O=C(Cc1ccncc1)N1CCCC(c2cccc(-c3ccc(F)cc3)n2)C1. The number of hydrogen-bond acceptors (Lipinski definition) is 3.